The first-order valence-electron chi connectivity index (χ1n) is 26.6. The van der Waals surface area contributed by atoms with Crippen LogP contribution >= 0.6 is 59.6 Å². The van der Waals surface area contributed by atoms with Crippen molar-refractivity contribution in [3.63, 3.8) is 0 Å². The molecule has 1 N–H and O–H groups in total. The number of fused-ring (bicyclic) bond motifs is 8. The van der Waals surface area contributed by atoms with Gasteiger partial charge in [-0.05, 0) is 170 Å². The monoisotopic (exact) mass is 1430 g/mol. The third-order valence-corrected chi connectivity index (χ3v) is 18.5. The summed E-state index contributed by atoms with van der Waals surface area (Å²) in [4.78, 5) is 6.34. The Kier molecular flexibility index (Phi) is 16.0. The summed E-state index contributed by atoms with van der Waals surface area (Å²) in [7, 11) is 0. The zero-order chi connectivity index (χ0) is 63.1. The van der Waals surface area contributed by atoms with Crippen LogP contribution in [0.2, 0.25) is 0 Å². The number of nitrogens with one attached hydrogen (secondary N) is 1. The first-order chi connectivity index (χ1) is 42.3. The van der Waals surface area contributed by atoms with Crippen molar-refractivity contribution in [2.75, 3.05) is 20.0 Å². The normalized spacial score (nSPS) is 13.5. The van der Waals surface area contributed by atoms with Gasteiger partial charge in [0.05, 0.1) is 73.7 Å². The molecular weight excluding hydrogens is 1400 g/mol. The maximum absolute atomic E-state index is 16.6. The SMILES string of the molecule is Cc1c(Br)c(C(F)(F)F)c(Br)c(C(F)(F)F)c1Br.Cc1c(N2c3ccccc3Oc3ccccc32)c(C(F)(F)F)c(N2c3ccccc3Oc3ccccc32)c(C(F)(F)F)c1N1c2ccccc2Oc2ccccc21.c1ccc2c(c1)Nc1ccccc1S2. The molecule has 23 heteroatoms. The number of alkyl halides is 12. The minimum absolute atomic E-state index is 0.0153. The van der Waals surface area contributed by atoms with Crippen LogP contribution in [-0.4, -0.2) is 0 Å². The highest BCUT2D eigenvalue weighted by molar-refractivity contribution is 9.11. The number of halogens is 15. The van der Waals surface area contributed by atoms with Crippen molar-refractivity contribution >= 4 is 122 Å². The molecule has 4 heterocycles. The van der Waals surface area contributed by atoms with Gasteiger partial charge >= 0.3 is 24.7 Å². The summed E-state index contributed by atoms with van der Waals surface area (Å²) in [5, 5.41) is 3.42. The fourth-order valence-electron chi connectivity index (χ4n) is 10.9. The van der Waals surface area contributed by atoms with Gasteiger partial charge in [-0.3, -0.25) is 0 Å². The third kappa shape index (κ3) is 11.2. The average molecular weight is 1440 g/mol. The number of rotatable bonds is 3. The molecule has 7 nitrogen and oxygen atoms in total. The standard InChI is InChI=1S/C45H27F6N3O3.C12H9NS.C9H3Br3F6/c1-26-41(52-27-14-2-8-20-33(27)55-34-21-9-3-15-28(34)52)39(44(46,47)48)43(54-31-18-6-12-24-37(31)57-38-25-13-7-19-32(38)54)40(45(49,50)51)42(26)53-29-16-4-10-22-35(29)56-36-23-11-5-17-30(36)53;1-3-7-11-9(5-1)13-10-6-2-4-8-12(10)14-11;1-2-5(10)3(8(13,14)15)7(12)4(6(2)11)9(16,17)18/h2-25H,1H3;1-8,13H;1H3. The first-order valence-corrected chi connectivity index (χ1v) is 29.8. The van der Waals surface area contributed by atoms with Crippen molar-refractivity contribution in [2.24, 2.45) is 0 Å². The maximum atomic E-state index is 16.6. The van der Waals surface area contributed by atoms with Crippen LogP contribution in [0.15, 0.2) is 217 Å². The van der Waals surface area contributed by atoms with E-state index >= 15 is 26.3 Å². The Bertz CT molecular complexity index is 4040. The van der Waals surface area contributed by atoms with Crippen molar-refractivity contribution < 1.29 is 66.9 Å². The van der Waals surface area contributed by atoms with E-state index in [4.69, 9.17) is 14.2 Å². The zero-order valence-electron chi connectivity index (χ0n) is 45.6. The van der Waals surface area contributed by atoms with Gasteiger partial charge in [0.25, 0.3) is 0 Å². The summed E-state index contributed by atoms with van der Waals surface area (Å²) in [6.07, 6.45) is -20.6. The van der Waals surface area contributed by atoms with Crippen LogP contribution in [0, 0.1) is 13.8 Å². The highest BCUT2D eigenvalue weighted by Gasteiger charge is 2.53. The van der Waals surface area contributed by atoms with E-state index in [0.717, 1.165) is 11.8 Å². The van der Waals surface area contributed by atoms with Crippen LogP contribution in [-0.2, 0) is 24.7 Å². The first kappa shape index (κ1) is 61.0. The summed E-state index contributed by atoms with van der Waals surface area (Å²) >= 11 is 9.55. The minimum atomic E-state index is -5.38. The zero-order valence-corrected chi connectivity index (χ0v) is 51.2. The fraction of sp³-hybridized carbons (Fsp3) is 0.0909. The Morgan fingerprint density at radius 3 is 0.843 bits per heavy atom. The molecule has 4 aliphatic heterocycles. The van der Waals surface area contributed by atoms with Gasteiger partial charge in [-0.2, -0.15) is 52.7 Å². The largest absolute Gasteiger partial charge is 0.453 e. The van der Waals surface area contributed by atoms with Gasteiger partial charge in [0.1, 0.15) is 11.1 Å². The maximum Gasteiger partial charge on any atom is 0.420 e. The molecule has 14 rings (SSSR count). The molecule has 0 aromatic heterocycles. The van der Waals surface area contributed by atoms with E-state index in [1.807, 2.05) is 11.8 Å². The molecule has 0 saturated carbocycles. The predicted molar refractivity (Wildman–Crippen MR) is 330 cm³/mol. The van der Waals surface area contributed by atoms with E-state index in [2.05, 4.69) is 102 Å². The molecule has 10 aromatic carbocycles. The van der Waals surface area contributed by atoms with Crippen LogP contribution in [0.3, 0.4) is 0 Å². The molecule has 0 aliphatic carbocycles. The Labute approximate surface area is 529 Å². The molecule has 10 aromatic rings. The molecule has 0 amide bonds. The van der Waals surface area contributed by atoms with Gasteiger partial charge < -0.3 is 34.2 Å². The Morgan fingerprint density at radius 1 is 0.315 bits per heavy atom. The molecule has 0 bridgehead atoms. The van der Waals surface area contributed by atoms with Crippen molar-refractivity contribution in [1.82, 2.24) is 0 Å². The summed E-state index contributed by atoms with van der Waals surface area (Å²) in [6, 6.07) is 55.0. The second kappa shape index (κ2) is 23.3. The number of anilines is 11. The van der Waals surface area contributed by atoms with E-state index in [-0.39, 0.29) is 79.7 Å². The van der Waals surface area contributed by atoms with E-state index in [9.17, 15) is 26.3 Å². The van der Waals surface area contributed by atoms with E-state index in [1.165, 1.54) is 62.2 Å². The van der Waals surface area contributed by atoms with E-state index < -0.39 is 77.4 Å². The Hall–Kier alpha value is -8.25. The molecule has 0 atom stereocenters. The van der Waals surface area contributed by atoms with Gasteiger partial charge in [-0.25, -0.2) is 0 Å². The van der Waals surface area contributed by atoms with E-state index in [1.54, 1.807) is 121 Å². The van der Waals surface area contributed by atoms with Crippen LogP contribution < -0.4 is 34.2 Å². The quantitative estimate of drug-likeness (QED) is 0.176. The molecular formula is C66H39Br3F12N4O3S. The lowest BCUT2D eigenvalue weighted by atomic mass is 9.91. The van der Waals surface area contributed by atoms with Crippen molar-refractivity contribution in [3.8, 4) is 34.5 Å². The third-order valence-electron chi connectivity index (χ3n) is 14.6. The number of hydrogen-bond acceptors (Lipinski definition) is 8. The van der Waals surface area contributed by atoms with Crippen molar-refractivity contribution in [2.45, 2.75) is 48.3 Å². The summed E-state index contributed by atoms with van der Waals surface area (Å²) in [5.74, 6) is 1.02. The van der Waals surface area contributed by atoms with Crippen LogP contribution in [0.25, 0.3) is 0 Å². The summed E-state index contributed by atoms with van der Waals surface area (Å²) < 4.78 is 193. The highest BCUT2D eigenvalue weighted by atomic mass is 79.9. The number of para-hydroxylation sites is 14. The lowest BCUT2D eigenvalue weighted by Crippen LogP contribution is -2.30. The average Bonchev–Trinajstić information content (AvgIpc) is 0.770. The highest BCUT2D eigenvalue weighted by Crippen LogP contribution is 2.66. The molecule has 0 fully saturated rings. The minimum Gasteiger partial charge on any atom is -0.453 e. The number of hydrogen-bond donors (Lipinski definition) is 1. The van der Waals surface area contributed by atoms with Gasteiger partial charge in [0, 0.05) is 23.2 Å². The number of nitrogens with zero attached hydrogens (tertiary/aromatic N) is 3. The number of benzene rings is 10. The van der Waals surface area contributed by atoms with Crippen LogP contribution in [0.5, 0.6) is 34.5 Å². The second-order valence-corrected chi connectivity index (χ2v) is 23.5. The fourth-order valence-corrected chi connectivity index (χ4v) is 14.7. The summed E-state index contributed by atoms with van der Waals surface area (Å²) in [5.41, 5.74) is -5.24. The van der Waals surface area contributed by atoms with Crippen molar-refractivity contribution in [1.29, 1.82) is 0 Å². The Morgan fingerprint density at radius 2 is 0.562 bits per heavy atom. The molecule has 0 unspecified atom stereocenters. The predicted octanol–water partition coefficient (Wildman–Crippen LogP) is 25.0. The van der Waals surface area contributed by atoms with Gasteiger partial charge in [0.2, 0.25) is 0 Å². The van der Waals surface area contributed by atoms with Gasteiger partial charge in [0.15, 0.2) is 34.5 Å². The second-order valence-electron chi connectivity index (χ2n) is 20.1. The van der Waals surface area contributed by atoms with Gasteiger partial charge in [-0.1, -0.05) is 109 Å². The van der Waals surface area contributed by atoms with E-state index in [0.29, 0.717) is 0 Å². The van der Waals surface area contributed by atoms with Crippen LogP contribution in [0.4, 0.5) is 115 Å². The number of ether oxygens (including phenoxy) is 3. The molecule has 4 aliphatic rings. The van der Waals surface area contributed by atoms with Gasteiger partial charge in [-0.15, -0.1) is 0 Å². The van der Waals surface area contributed by atoms with Crippen LogP contribution in [0.1, 0.15) is 33.4 Å². The lowest BCUT2D eigenvalue weighted by Gasteiger charge is -2.43. The summed E-state index contributed by atoms with van der Waals surface area (Å²) in [6.45, 7) is 2.46. The molecule has 0 spiro atoms. The Balaban J connectivity index is 0.000000195. The molecule has 0 radical (unpaired) electrons. The molecule has 0 saturated heterocycles. The van der Waals surface area contributed by atoms with Crippen molar-refractivity contribution in [3.05, 3.63) is 241 Å². The lowest BCUT2D eigenvalue weighted by molar-refractivity contribution is -0.145. The topological polar surface area (TPSA) is 49.4 Å². The smallest absolute Gasteiger partial charge is 0.420 e. The molecule has 452 valence electrons. The molecule has 89 heavy (non-hydrogen) atoms.